The van der Waals surface area contributed by atoms with Crippen molar-refractivity contribution in [3.8, 4) is 0 Å². The molecule has 9 nitrogen and oxygen atoms in total. The number of aliphatic carboxylic acids is 1. The number of nitrogens with one attached hydrogen (secondary N) is 1. The molecular weight excluding hydrogens is 234 g/mol. The molecule has 0 aliphatic carbocycles. The Hall–Kier alpha value is -1.71. The Morgan fingerprint density at radius 3 is 2.06 bits per heavy atom. The number of carbonyl (C=O) groups excluding carboxylic acids is 2. The topological polar surface area (TPSA) is 199 Å². The first kappa shape index (κ1) is 20.7. The third kappa shape index (κ3) is 9.23. The average Bonchev–Trinajstić information content (AvgIpc) is 2.10. The van der Waals surface area contributed by atoms with E-state index in [-0.39, 0.29) is 23.8 Å². The quantitative estimate of drug-likeness (QED) is 0.380. The van der Waals surface area contributed by atoms with Crippen molar-refractivity contribution in [2.75, 3.05) is 0 Å². The lowest BCUT2D eigenvalue weighted by Crippen LogP contribution is -2.47. The molecule has 0 saturated carbocycles. The lowest BCUT2D eigenvalue weighted by atomic mass is 10.1. The molecule has 0 aliphatic rings. The van der Waals surface area contributed by atoms with Crippen LogP contribution in [0.1, 0.15) is 19.8 Å². The van der Waals surface area contributed by atoms with Gasteiger partial charge in [-0.1, -0.05) is 0 Å². The van der Waals surface area contributed by atoms with E-state index >= 15 is 0 Å². The molecule has 0 rings (SSSR count). The van der Waals surface area contributed by atoms with Gasteiger partial charge in [0.2, 0.25) is 11.8 Å². The van der Waals surface area contributed by atoms with E-state index in [9.17, 15) is 14.4 Å². The number of hydrogen-bond donors (Lipinski definition) is 4. The maximum absolute atomic E-state index is 11.1. The summed E-state index contributed by atoms with van der Waals surface area (Å²) in [7, 11) is 0. The molecule has 0 aromatic heterocycles. The number of nitrogens with two attached hydrogens (primary N) is 2. The second-order valence-electron chi connectivity index (χ2n) is 3.19. The van der Waals surface area contributed by atoms with E-state index in [1.807, 2.05) is 0 Å². The number of carboxylic acid groups (broad SMARTS) is 1. The van der Waals surface area contributed by atoms with Gasteiger partial charge in [0.15, 0.2) is 0 Å². The van der Waals surface area contributed by atoms with Crippen LogP contribution in [0.5, 0.6) is 0 Å². The van der Waals surface area contributed by atoms with Crippen LogP contribution >= 0.6 is 0 Å². The number of carbonyl (C=O) groups is 3. The van der Waals surface area contributed by atoms with Crippen LogP contribution < -0.4 is 16.8 Å². The van der Waals surface area contributed by atoms with Gasteiger partial charge in [-0.15, -0.1) is 0 Å². The minimum Gasteiger partial charge on any atom is -0.480 e. The van der Waals surface area contributed by atoms with Crippen LogP contribution in [-0.4, -0.2) is 45.9 Å². The Morgan fingerprint density at radius 2 is 1.76 bits per heavy atom. The fourth-order valence-electron chi connectivity index (χ4n) is 0.847. The monoisotopic (exact) mass is 253 g/mol. The summed E-state index contributed by atoms with van der Waals surface area (Å²) in [4.78, 5) is 32.2. The number of carboxylic acids is 1. The Labute approximate surface area is 97.8 Å². The van der Waals surface area contributed by atoms with Crippen LogP contribution in [0.3, 0.4) is 0 Å². The maximum atomic E-state index is 11.1. The Kier molecular flexibility index (Phi) is 11.6. The van der Waals surface area contributed by atoms with Gasteiger partial charge in [-0.25, -0.2) is 4.79 Å². The zero-order valence-electron chi connectivity index (χ0n) is 9.40. The molecule has 1 unspecified atom stereocenters. The Morgan fingerprint density at radius 1 is 1.29 bits per heavy atom. The fraction of sp³-hybridized carbons (Fsp3) is 0.625. The lowest BCUT2D eigenvalue weighted by Gasteiger charge is -2.14. The molecular formula is C8H19N3O6. The average molecular weight is 253 g/mol. The molecule has 0 aromatic carbocycles. The predicted molar refractivity (Wildman–Crippen MR) is 58.9 cm³/mol. The summed E-state index contributed by atoms with van der Waals surface area (Å²) in [5.74, 6) is -2.41. The first-order chi connectivity index (χ1) is 6.84. The highest BCUT2D eigenvalue weighted by molar-refractivity contribution is 5.86. The zero-order valence-corrected chi connectivity index (χ0v) is 9.40. The number of amides is 2. The first-order valence-corrected chi connectivity index (χ1v) is 4.41. The van der Waals surface area contributed by atoms with Crippen molar-refractivity contribution in [2.24, 2.45) is 11.5 Å². The molecule has 0 aromatic rings. The second kappa shape index (κ2) is 9.51. The van der Waals surface area contributed by atoms with Crippen LogP contribution in [0.4, 0.5) is 0 Å². The summed E-state index contributed by atoms with van der Waals surface area (Å²) in [5, 5.41) is 10.9. The normalized spacial score (nSPS) is 12.4. The van der Waals surface area contributed by atoms with Crippen molar-refractivity contribution in [3.63, 3.8) is 0 Å². The molecule has 0 aliphatic heterocycles. The third-order valence-corrected chi connectivity index (χ3v) is 1.71. The van der Waals surface area contributed by atoms with Crippen molar-refractivity contribution < 1.29 is 30.4 Å². The molecule has 0 bridgehead atoms. The molecule has 0 fully saturated rings. The van der Waals surface area contributed by atoms with E-state index in [1.165, 1.54) is 6.92 Å². The van der Waals surface area contributed by atoms with Crippen LogP contribution in [-0.2, 0) is 14.4 Å². The highest BCUT2D eigenvalue weighted by atomic mass is 16.4. The van der Waals surface area contributed by atoms with E-state index in [1.54, 1.807) is 0 Å². The van der Waals surface area contributed by atoms with Crippen molar-refractivity contribution in [1.82, 2.24) is 5.32 Å². The van der Waals surface area contributed by atoms with Gasteiger partial charge in [-0.3, -0.25) is 9.59 Å². The van der Waals surface area contributed by atoms with Crippen molar-refractivity contribution >= 4 is 17.8 Å². The van der Waals surface area contributed by atoms with Crippen molar-refractivity contribution in [2.45, 2.75) is 31.8 Å². The molecule has 10 N–H and O–H groups in total. The minimum atomic E-state index is -1.22. The molecule has 0 spiro atoms. The standard InChI is InChI=1S/C8H15N3O4.2H2O/c1-4(9)7(13)11-5(8(14)15)2-3-6(10)12;;/h4-5H,2-3,9H2,1H3,(H2,10,12)(H,11,13)(H,14,15);2*1H2/t4?,5-;;/m0../s1. The minimum absolute atomic E-state index is 0. The van der Waals surface area contributed by atoms with E-state index in [2.05, 4.69) is 5.32 Å². The summed E-state index contributed by atoms with van der Waals surface area (Å²) >= 11 is 0. The molecule has 0 radical (unpaired) electrons. The van der Waals surface area contributed by atoms with Gasteiger partial charge in [0.1, 0.15) is 6.04 Å². The Bertz CT molecular complexity index is 268. The van der Waals surface area contributed by atoms with Gasteiger partial charge in [-0.2, -0.15) is 0 Å². The van der Waals surface area contributed by atoms with Gasteiger partial charge in [0.05, 0.1) is 6.04 Å². The van der Waals surface area contributed by atoms with Gasteiger partial charge < -0.3 is 32.8 Å². The number of hydrogen-bond acceptors (Lipinski definition) is 4. The van der Waals surface area contributed by atoms with Gasteiger partial charge in [0.25, 0.3) is 0 Å². The zero-order chi connectivity index (χ0) is 12.0. The lowest BCUT2D eigenvalue weighted by molar-refractivity contribution is -0.142. The summed E-state index contributed by atoms with van der Waals surface area (Å²) in [5.41, 5.74) is 10.1. The number of rotatable bonds is 6. The summed E-state index contributed by atoms with van der Waals surface area (Å²) in [6, 6.07) is -1.92. The highest BCUT2D eigenvalue weighted by Crippen LogP contribution is 1.97. The molecule has 17 heavy (non-hydrogen) atoms. The maximum Gasteiger partial charge on any atom is 0.326 e. The van der Waals surface area contributed by atoms with Crippen LogP contribution in [0.15, 0.2) is 0 Å². The molecule has 0 saturated heterocycles. The highest BCUT2D eigenvalue weighted by Gasteiger charge is 2.21. The van der Waals surface area contributed by atoms with Gasteiger partial charge in [0, 0.05) is 6.42 Å². The fourth-order valence-corrected chi connectivity index (χ4v) is 0.847. The van der Waals surface area contributed by atoms with Crippen LogP contribution in [0.2, 0.25) is 0 Å². The molecule has 102 valence electrons. The largest absolute Gasteiger partial charge is 0.480 e. The summed E-state index contributed by atoms with van der Waals surface area (Å²) in [6.45, 7) is 1.43. The Balaban J connectivity index is -0.000000980. The van der Waals surface area contributed by atoms with E-state index < -0.39 is 29.9 Å². The predicted octanol–water partition coefficient (Wildman–Crippen LogP) is -3.48. The van der Waals surface area contributed by atoms with Crippen LogP contribution in [0, 0.1) is 0 Å². The molecule has 9 heteroatoms. The molecule has 2 amide bonds. The van der Waals surface area contributed by atoms with E-state index in [0.29, 0.717) is 0 Å². The van der Waals surface area contributed by atoms with Gasteiger partial charge in [-0.05, 0) is 13.3 Å². The smallest absolute Gasteiger partial charge is 0.326 e. The number of primary amides is 1. The molecule has 0 heterocycles. The van der Waals surface area contributed by atoms with E-state index in [0.717, 1.165) is 0 Å². The third-order valence-electron chi connectivity index (χ3n) is 1.71. The van der Waals surface area contributed by atoms with Gasteiger partial charge >= 0.3 is 5.97 Å². The summed E-state index contributed by atoms with van der Waals surface area (Å²) in [6.07, 6.45) is -0.140. The van der Waals surface area contributed by atoms with Crippen molar-refractivity contribution in [3.05, 3.63) is 0 Å². The second-order valence-corrected chi connectivity index (χ2v) is 3.19. The SMILES string of the molecule is CC(N)C(=O)N[C@@H](CCC(N)=O)C(=O)O.O.O. The van der Waals surface area contributed by atoms with E-state index in [4.69, 9.17) is 16.6 Å². The van der Waals surface area contributed by atoms with Crippen molar-refractivity contribution in [1.29, 1.82) is 0 Å². The van der Waals surface area contributed by atoms with Crippen LogP contribution in [0.25, 0.3) is 0 Å². The first-order valence-electron chi connectivity index (χ1n) is 4.41. The summed E-state index contributed by atoms with van der Waals surface area (Å²) < 4.78 is 0. The molecule has 2 atom stereocenters.